The third-order valence-electron chi connectivity index (χ3n) is 3.09. The van der Waals surface area contributed by atoms with Gasteiger partial charge in [0.2, 0.25) is 0 Å². The summed E-state index contributed by atoms with van der Waals surface area (Å²) in [6.07, 6.45) is 2.93. The Hall–Kier alpha value is -2.08. The Labute approximate surface area is 145 Å². The molecule has 2 N–H and O–H groups in total. The fraction of sp³-hybridized carbons (Fsp3) is 0. The van der Waals surface area contributed by atoms with Crippen LogP contribution in [-0.2, 0) is 10.0 Å². The van der Waals surface area contributed by atoms with E-state index in [2.05, 4.69) is 30.6 Å². The summed E-state index contributed by atoms with van der Waals surface area (Å²) in [7, 11) is -3.86. The number of fused-ring (bicyclic) bond motifs is 1. The molecule has 3 aromatic rings. The lowest BCUT2D eigenvalue weighted by Gasteiger charge is -2.09. The van der Waals surface area contributed by atoms with Crippen molar-refractivity contribution >= 4 is 54.3 Å². The van der Waals surface area contributed by atoms with Crippen LogP contribution in [0.2, 0.25) is 5.02 Å². The summed E-state index contributed by atoms with van der Waals surface area (Å²) in [5.74, 6) is 0. The number of rotatable bonds is 3. The number of benzene rings is 1. The molecule has 0 bridgehead atoms. The summed E-state index contributed by atoms with van der Waals surface area (Å²) in [4.78, 5) is 6.98. The molecule has 2 aromatic heterocycles. The van der Waals surface area contributed by atoms with E-state index in [1.54, 1.807) is 12.3 Å². The van der Waals surface area contributed by atoms with E-state index in [1.807, 2.05) is 6.07 Å². The Balaban J connectivity index is 2.05. The lowest BCUT2D eigenvalue weighted by atomic mass is 10.2. The molecule has 0 saturated carbocycles. The van der Waals surface area contributed by atoms with Gasteiger partial charge < -0.3 is 4.98 Å². The van der Waals surface area contributed by atoms with Crippen LogP contribution in [0.5, 0.6) is 0 Å². The summed E-state index contributed by atoms with van der Waals surface area (Å²) >= 11 is 9.28. The number of anilines is 1. The first-order valence-electron chi connectivity index (χ1n) is 6.26. The third-order valence-corrected chi connectivity index (χ3v) is 5.24. The van der Waals surface area contributed by atoms with Gasteiger partial charge in [-0.2, -0.15) is 5.26 Å². The maximum Gasteiger partial charge on any atom is 0.264 e. The lowest BCUT2D eigenvalue weighted by Crippen LogP contribution is -2.13. The number of pyridine rings is 1. The number of sulfonamides is 1. The van der Waals surface area contributed by atoms with Crippen molar-refractivity contribution in [2.45, 2.75) is 4.90 Å². The highest BCUT2D eigenvalue weighted by molar-refractivity contribution is 9.10. The zero-order valence-electron chi connectivity index (χ0n) is 11.3. The van der Waals surface area contributed by atoms with Crippen molar-refractivity contribution in [3.05, 3.63) is 51.7 Å². The monoisotopic (exact) mass is 410 g/mol. The average Bonchev–Trinajstić information content (AvgIpc) is 2.93. The van der Waals surface area contributed by atoms with E-state index in [9.17, 15) is 8.42 Å². The van der Waals surface area contributed by atoms with Crippen LogP contribution in [0.15, 0.2) is 46.0 Å². The van der Waals surface area contributed by atoms with Crippen LogP contribution in [0.1, 0.15) is 5.56 Å². The molecule has 0 unspecified atom stereocenters. The van der Waals surface area contributed by atoms with E-state index in [-0.39, 0.29) is 15.6 Å². The van der Waals surface area contributed by atoms with Crippen molar-refractivity contribution < 1.29 is 8.42 Å². The standard InChI is InChI=1S/C14H8BrClN4O2S/c15-9-4-10-13(7-19-14(10)18-6-9)23(21,22)20-12-2-1-8(5-17)3-11(12)16/h1-4,6-7,20H,(H,18,19). The SMILES string of the molecule is N#Cc1ccc(NS(=O)(=O)c2c[nH]c3ncc(Br)cc23)c(Cl)c1. The zero-order chi connectivity index (χ0) is 16.6. The van der Waals surface area contributed by atoms with Crippen LogP contribution in [0.3, 0.4) is 0 Å². The maximum absolute atomic E-state index is 12.6. The number of nitrogens with one attached hydrogen (secondary N) is 2. The number of nitrogens with zero attached hydrogens (tertiary/aromatic N) is 2. The van der Waals surface area contributed by atoms with Crippen molar-refractivity contribution in [2.75, 3.05) is 4.72 Å². The molecule has 0 fully saturated rings. The van der Waals surface area contributed by atoms with Gasteiger partial charge in [-0.1, -0.05) is 11.6 Å². The Bertz CT molecular complexity index is 1060. The second kappa shape index (κ2) is 5.85. The zero-order valence-corrected chi connectivity index (χ0v) is 14.5. The molecule has 116 valence electrons. The summed E-state index contributed by atoms with van der Waals surface area (Å²) in [5.41, 5.74) is 1.00. The summed E-state index contributed by atoms with van der Waals surface area (Å²) in [6.45, 7) is 0. The molecule has 9 heteroatoms. The average molecular weight is 412 g/mol. The predicted molar refractivity (Wildman–Crippen MR) is 90.8 cm³/mol. The molecule has 0 saturated heterocycles. The fourth-order valence-electron chi connectivity index (χ4n) is 2.04. The van der Waals surface area contributed by atoms with Gasteiger partial charge in [-0.15, -0.1) is 0 Å². The predicted octanol–water partition coefficient (Wildman–Crippen LogP) is 3.65. The first kappa shape index (κ1) is 15.8. The van der Waals surface area contributed by atoms with Gasteiger partial charge in [0.05, 0.1) is 22.3 Å². The van der Waals surface area contributed by atoms with Crippen molar-refractivity contribution in [1.29, 1.82) is 5.26 Å². The minimum Gasteiger partial charge on any atom is -0.345 e. The molecule has 2 heterocycles. The Morgan fingerprint density at radius 3 is 2.83 bits per heavy atom. The molecule has 0 aliphatic carbocycles. The van der Waals surface area contributed by atoms with Crippen molar-refractivity contribution in [3.8, 4) is 6.07 Å². The second-order valence-corrected chi connectivity index (χ2v) is 7.59. The van der Waals surface area contributed by atoms with Gasteiger partial charge in [0.25, 0.3) is 10.0 Å². The number of aromatic nitrogens is 2. The number of halogens is 2. The Kier molecular flexibility index (Phi) is 4.02. The Morgan fingerprint density at radius 1 is 1.35 bits per heavy atom. The molecule has 23 heavy (non-hydrogen) atoms. The van der Waals surface area contributed by atoms with Crippen LogP contribution in [0.4, 0.5) is 5.69 Å². The van der Waals surface area contributed by atoms with Gasteiger partial charge >= 0.3 is 0 Å². The van der Waals surface area contributed by atoms with E-state index in [0.29, 0.717) is 21.1 Å². The summed E-state index contributed by atoms with van der Waals surface area (Å²) in [5, 5.41) is 9.42. The molecule has 0 spiro atoms. The van der Waals surface area contributed by atoms with Gasteiger partial charge in [0, 0.05) is 22.3 Å². The minimum atomic E-state index is -3.86. The van der Waals surface area contributed by atoms with Crippen LogP contribution in [0, 0.1) is 11.3 Å². The highest BCUT2D eigenvalue weighted by Gasteiger charge is 2.21. The van der Waals surface area contributed by atoms with Gasteiger partial charge in [-0.25, -0.2) is 13.4 Å². The minimum absolute atomic E-state index is 0.0572. The van der Waals surface area contributed by atoms with Gasteiger partial charge in [-0.3, -0.25) is 4.72 Å². The topological polar surface area (TPSA) is 98.6 Å². The van der Waals surface area contributed by atoms with Gasteiger partial charge in [0.15, 0.2) is 0 Å². The number of nitriles is 1. The summed E-state index contributed by atoms with van der Waals surface area (Å²) < 4.78 is 28.3. The van der Waals surface area contributed by atoms with Crippen molar-refractivity contribution in [3.63, 3.8) is 0 Å². The maximum atomic E-state index is 12.6. The Morgan fingerprint density at radius 2 is 2.13 bits per heavy atom. The molecule has 1 aromatic carbocycles. The molecule has 0 radical (unpaired) electrons. The van der Waals surface area contributed by atoms with Crippen LogP contribution >= 0.6 is 27.5 Å². The van der Waals surface area contributed by atoms with E-state index in [4.69, 9.17) is 16.9 Å². The second-order valence-electron chi connectivity index (χ2n) is 4.61. The summed E-state index contributed by atoms with van der Waals surface area (Å²) in [6, 6.07) is 7.92. The van der Waals surface area contributed by atoms with Crippen LogP contribution in [-0.4, -0.2) is 18.4 Å². The molecular weight excluding hydrogens is 404 g/mol. The molecule has 6 nitrogen and oxygen atoms in total. The molecular formula is C14H8BrClN4O2S. The largest absolute Gasteiger partial charge is 0.345 e. The number of hydrogen-bond acceptors (Lipinski definition) is 4. The molecule has 3 rings (SSSR count). The first-order chi connectivity index (χ1) is 10.9. The quantitative estimate of drug-likeness (QED) is 0.687. The van der Waals surface area contributed by atoms with E-state index in [0.717, 1.165) is 0 Å². The molecule has 0 aliphatic heterocycles. The van der Waals surface area contributed by atoms with Crippen molar-refractivity contribution in [2.24, 2.45) is 0 Å². The van der Waals surface area contributed by atoms with Gasteiger partial charge in [-0.05, 0) is 40.2 Å². The number of H-pyrrole nitrogens is 1. The van der Waals surface area contributed by atoms with E-state index >= 15 is 0 Å². The smallest absolute Gasteiger partial charge is 0.264 e. The van der Waals surface area contributed by atoms with E-state index < -0.39 is 10.0 Å². The third kappa shape index (κ3) is 3.03. The van der Waals surface area contributed by atoms with Gasteiger partial charge in [0.1, 0.15) is 10.5 Å². The molecule has 0 amide bonds. The molecule has 0 aliphatic rings. The van der Waals surface area contributed by atoms with Crippen LogP contribution in [0.25, 0.3) is 11.0 Å². The normalized spacial score (nSPS) is 11.3. The fourth-order valence-corrected chi connectivity index (χ4v) is 3.90. The number of aromatic amines is 1. The van der Waals surface area contributed by atoms with E-state index in [1.165, 1.54) is 24.4 Å². The highest BCUT2D eigenvalue weighted by atomic mass is 79.9. The van der Waals surface area contributed by atoms with Crippen LogP contribution < -0.4 is 4.72 Å². The first-order valence-corrected chi connectivity index (χ1v) is 8.91. The lowest BCUT2D eigenvalue weighted by molar-refractivity contribution is 0.602. The molecule has 0 atom stereocenters. The number of hydrogen-bond donors (Lipinski definition) is 2. The highest BCUT2D eigenvalue weighted by Crippen LogP contribution is 2.29. The van der Waals surface area contributed by atoms with Crippen molar-refractivity contribution in [1.82, 2.24) is 9.97 Å².